The first-order valence-electron chi connectivity index (χ1n) is 4.16. The first kappa shape index (κ1) is 10.6. The third-order valence-electron chi connectivity index (χ3n) is 1.61. The Morgan fingerprint density at radius 2 is 2.43 bits per heavy atom. The second-order valence-corrected chi connectivity index (χ2v) is 2.92. The van der Waals surface area contributed by atoms with Crippen LogP contribution < -0.4 is 5.32 Å². The summed E-state index contributed by atoms with van der Waals surface area (Å²) in [6.45, 7) is 1.51. The summed E-state index contributed by atoms with van der Waals surface area (Å²) in [5, 5.41) is 11.2. The van der Waals surface area contributed by atoms with E-state index in [1.165, 1.54) is 6.07 Å². The number of rotatable bonds is 3. The fourth-order valence-electron chi connectivity index (χ4n) is 0.854. The van der Waals surface area contributed by atoms with Crippen molar-refractivity contribution in [3.63, 3.8) is 0 Å². The zero-order valence-corrected chi connectivity index (χ0v) is 7.70. The van der Waals surface area contributed by atoms with Gasteiger partial charge in [-0.1, -0.05) is 0 Å². The molecule has 0 saturated heterocycles. The first-order chi connectivity index (χ1) is 6.63. The molecule has 1 rings (SSSR count). The molecule has 1 unspecified atom stereocenters. The summed E-state index contributed by atoms with van der Waals surface area (Å²) in [5.41, 5.74) is 0.131. The molecule has 0 fully saturated rings. The van der Waals surface area contributed by atoms with Crippen molar-refractivity contribution in [2.24, 2.45) is 0 Å². The monoisotopic (exact) mass is 198 g/mol. The van der Waals surface area contributed by atoms with Gasteiger partial charge in [0.25, 0.3) is 5.91 Å². The topological polar surface area (TPSA) is 62.2 Å². The van der Waals surface area contributed by atoms with E-state index in [2.05, 4.69) is 10.3 Å². The van der Waals surface area contributed by atoms with Gasteiger partial charge in [0.1, 0.15) is 11.5 Å². The minimum Gasteiger partial charge on any atom is -0.394 e. The van der Waals surface area contributed by atoms with Crippen LogP contribution in [0.5, 0.6) is 0 Å². The lowest BCUT2D eigenvalue weighted by Crippen LogP contribution is -2.35. The molecule has 0 aliphatic heterocycles. The normalized spacial score (nSPS) is 12.2. The summed E-state index contributed by atoms with van der Waals surface area (Å²) in [4.78, 5) is 14.9. The van der Waals surface area contributed by atoms with E-state index in [4.69, 9.17) is 5.11 Å². The van der Waals surface area contributed by atoms with Crippen LogP contribution in [0.25, 0.3) is 0 Å². The highest BCUT2D eigenvalue weighted by atomic mass is 19.1. The number of aliphatic hydroxyl groups excluding tert-OH is 1. The van der Waals surface area contributed by atoms with Crippen LogP contribution in [-0.4, -0.2) is 28.6 Å². The van der Waals surface area contributed by atoms with Gasteiger partial charge in [-0.25, -0.2) is 9.37 Å². The maximum absolute atomic E-state index is 12.4. The van der Waals surface area contributed by atoms with E-state index in [-0.39, 0.29) is 18.3 Å². The van der Waals surface area contributed by atoms with Crippen LogP contribution >= 0.6 is 0 Å². The van der Waals surface area contributed by atoms with Crippen LogP contribution in [0.15, 0.2) is 18.3 Å². The average Bonchev–Trinajstić information content (AvgIpc) is 2.18. The van der Waals surface area contributed by atoms with E-state index in [0.29, 0.717) is 0 Å². The Kier molecular flexibility index (Phi) is 3.53. The van der Waals surface area contributed by atoms with Crippen molar-refractivity contribution >= 4 is 5.91 Å². The van der Waals surface area contributed by atoms with Crippen molar-refractivity contribution in [1.29, 1.82) is 0 Å². The van der Waals surface area contributed by atoms with Crippen LogP contribution in [0.4, 0.5) is 4.39 Å². The Bertz CT molecular complexity index is 313. The second kappa shape index (κ2) is 4.66. The molecule has 0 aromatic carbocycles. The molecule has 1 aromatic rings. The summed E-state index contributed by atoms with van der Waals surface area (Å²) in [7, 11) is 0. The smallest absolute Gasteiger partial charge is 0.270 e. The SMILES string of the molecule is CC(CO)NC(=O)c1ccc(F)cn1. The molecule has 5 heteroatoms. The van der Waals surface area contributed by atoms with E-state index in [9.17, 15) is 9.18 Å². The molecule has 0 aliphatic carbocycles. The van der Waals surface area contributed by atoms with Crippen molar-refractivity contribution in [3.8, 4) is 0 Å². The predicted octanol–water partition coefficient (Wildman–Crippen LogP) is 0.331. The number of amides is 1. The summed E-state index contributed by atoms with van der Waals surface area (Å²) >= 11 is 0. The minimum atomic E-state index is -0.489. The number of halogens is 1. The molecule has 1 heterocycles. The van der Waals surface area contributed by atoms with E-state index >= 15 is 0 Å². The van der Waals surface area contributed by atoms with E-state index in [0.717, 1.165) is 12.3 Å². The lowest BCUT2D eigenvalue weighted by atomic mass is 10.3. The lowest BCUT2D eigenvalue weighted by molar-refractivity contribution is 0.0917. The molecular weight excluding hydrogens is 187 g/mol. The Hall–Kier alpha value is -1.49. The zero-order chi connectivity index (χ0) is 10.6. The first-order valence-corrected chi connectivity index (χ1v) is 4.16. The number of carbonyl (C=O) groups excluding carboxylic acids is 1. The zero-order valence-electron chi connectivity index (χ0n) is 7.70. The van der Waals surface area contributed by atoms with Gasteiger partial charge in [-0.05, 0) is 19.1 Å². The number of pyridine rings is 1. The summed E-state index contributed by atoms with van der Waals surface area (Å²) in [6.07, 6.45) is 0.971. The molecule has 1 aromatic heterocycles. The number of hydrogen-bond donors (Lipinski definition) is 2. The van der Waals surface area contributed by atoms with E-state index in [1.54, 1.807) is 6.92 Å². The van der Waals surface area contributed by atoms with Gasteiger partial charge in [0.2, 0.25) is 0 Å². The maximum Gasteiger partial charge on any atom is 0.270 e. The molecule has 0 aliphatic rings. The third kappa shape index (κ3) is 2.77. The third-order valence-corrected chi connectivity index (χ3v) is 1.61. The van der Waals surface area contributed by atoms with Crippen molar-refractivity contribution in [3.05, 3.63) is 29.8 Å². The molecule has 76 valence electrons. The predicted molar refractivity (Wildman–Crippen MR) is 48.2 cm³/mol. The number of carbonyl (C=O) groups is 1. The highest BCUT2D eigenvalue weighted by molar-refractivity contribution is 5.92. The van der Waals surface area contributed by atoms with E-state index < -0.39 is 11.7 Å². The average molecular weight is 198 g/mol. The quantitative estimate of drug-likeness (QED) is 0.735. The Balaban J connectivity index is 2.65. The Morgan fingerprint density at radius 3 is 2.93 bits per heavy atom. The van der Waals surface area contributed by atoms with Gasteiger partial charge in [0, 0.05) is 6.04 Å². The molecule has 0 bridgehead atoms. The van der Waals surface area contributed by atoms with Crippen molar-refractivity contribution < 1.29 is 14.3 Å². The van der Waals surface area contributed by atoms with Crippen LogP contribution in [0.1, 0.15) is 17.4 Å². The van der Waals surface area contributed by atoms with Gasteiger partial charge >= 0.3 is 0 Å². The van der Waals surface area contributed by atoms with Crippen LogP contribution in [0.3, 0.4) is 0 Å². The van der Waals surface area contributed by atoms with Crippen LogP contribution in [-0.2, 0) is 0 Å². The maximum atomic E-state index is 12.4. The molecule has 0 radical (unpaired) electrons. The summed E-state index contributed by atoms with van der Waals surface area (Å²) < 4.78 is 12.4. The number of aromatic nitrogens is 1. The van der Waals surface area contributed by atoms with Crippen molar-refractivity contribution in [1.82, 2.24) is 10.3 Å². The fourth-order valence-corrected chi connectivity index (χ4v) is 0.854. The standard InChI is InChI=1S/C9H11FN2O2/c1-6(5-13)12-9(14)8-3-2-7(10)4-11-8/h2-4,6,13H,5H2,1H3,(H,12,14). The molecule has 14 heavy (non-hydrogen) atoms. The lowest BCUT2D eigenvalue weighted by Gasteiger charge is -2.09. The number of aliphatic hydroxyl groups is 1. The second-order valence-electron chi connectivity index (χ2n) is 2.92. The van der Waals surface area contributed by atoms with Crippen LogP contribution in [0.2, 0.25) is 0 Å². The van der Waals surface area contributed by atoms with Gasteiger partial charge in [-0.3, -0.25) is 4.79 Å². The summed E-state index contributed by atoms with van der Waals surface area (Å²) in [5.74, 6) is -0.914. The number of nitrogens with zero attached hydrogens (tertiary/aromatic N) is 1. The molecule has 2 N–H and O–H groups in total. The molecule has 1 atom stereocenters. The number of nitrogens with one attached hydrogen (secondary N) is 1. The van der Waals surface area contributed by atoms with Crippen LogP contribution in [0, 0.1) is 5.82 Å². The van der Waals surface area contributed by atoms with E-state index in [1.807, 2.05) is 0 Å². The molecule has 0 saturated carbocycles. The van der Waals surface area contributed by atoms with Gasteiger partial charge in [-0.15, -0.1) is 0 Å². The highest BCUT2D eigenvalue weighted by Gasteiger charge is 2.09. The molecule has 4 nitrogen and oxygen atoms in total. The fraction of sp³-hybridized carbons (Fsp3) is 0.333. The molecule has 1 amide bonds. The van der Waals surface area contributed by atoms with Gasteiger partial charge in [-0.2, -0.15) is 0 Å². The van der Waals surface area contributed by atoms with Crippen molar-refractivity contribution in [2.45, 2.75) is 13.0 Å². The minimum absolute atomic E-state index is 0.131. The number of hydrogen-bond acceptors (Lipinski definition) is 3. The highest BCUT2D eigenvalue weighted by Crippen LogP contribution is 1.98. The largest absolute Gasteiger partial charge is 0.394 e. The van der Waals surface area contributed by atoms with Gasteiger partial charge in [0.15, 0.2) is 0 Å². The van der Waals surface area contributed by atoms with Gasteiger partial charge in [0.05, 0.1) is 12.8 Å². The Labute approximate surface area is 80.8 Å². The van der Waals surface area contributed by atoms with Gasteiger partial charge < -0.3 is 10.4 Å². The molecular formula is C9H11FN2O2. The summed E-state index contributed by atoms with van der Waals surface area (Å²) in [6, 6.07) is 2.11. The van der Waals surface area contributed by atoms with Crippen molar-refractivity contribution in [2.75, 3.05) is 6.61 Å². The molecule has 0 spiro atoms. The Morgan fingerprint density at radius 1 is 1.71 bits per heavy atom.